The first-order valence-electron chi connectivity index (χ1n) is 7.42. The van der Waals surface area contributed by atoms with Crippen molar-refractivity contribution in [3.05, 3.63) is 86.8 Å². The normalized spacial score (nSPS) is 10.7. The lowest BCUT2D eigenvalue weighted by atomic mass is 10.3. The molecule has 0 aliphatic carbocycles. The second-order valence-corrected chi connectivity index (χ2v) is 8.61. The van der Waals surface area contributed by atoms with Gasteiger partial charge in [-0.1, -0.05) is 58.5 Å². The van der Waals surface area contributed by atoms with Crippen LogP contribution in [-0.2, 0) is 10.0 Å². The van der Waals surface area contributed by atoms with Crippen molar-refractivity contribution in [1.29, 1.82) is 0 Å². The lowest BCUT2D eigenvalue weighted by Gasteiger charge is -2.09. The topological polar surface area (TPSA) is 72.2 Å². The number of rotatable bonds is 3. The van der Waals surface area contributed by atoms with Gasteiger partial charge >= 0.3 is 0 Å². The van der Waals surface area contributed by atoms with Gasteiger partial charge in [-0.25, -0.2) is 8.42 Å². The van der Waals surface area contributed by atoms with Crippen molar-refractivity contribution in [2.45, 2.75) is 4.90 Å². The molecule has 0 aliphatic heterocycles. The molecule has 3 aromatic carbocycles. The van der Waals surface area contributed by atoms with Gasteiger partial charge in [0, 0.05) is 20.8 Å². The van der Waals surface area contributed by atoms with Crippen molar-refractivity contribution in [3.8, 4) is 0 Å². The number of nitrogens with one attached hydrogen (secondary N) is 1. The highest BCUT2D eigenvalue weighted by molar-refractivity contribution is 7.92. The molecule has 0 saturated carbocycles. The van der Waals surface area contributed by atoms with Gasteiger partial charge in [0.25, 0.3) is 10.0 Å². The third-order valence-electron chi connectivity index (χ3n) is 3.11. The maximum atomic E-state index is 12.2. The quantitative estimate of drug-likeness (QED) is 0.443. The zero-order valence-corrected chi connectivity index (χ0v) is 17.5. The summed E-state index contributed by atoms with van der Waals surface area (Å²) in [5.41, 5.74) is 6.44. The van der Waals surface area contributed by atoms with Gasteiger partial charge in [-0.15, -0.1) is 0 Å². The van der Waals surface area contributed by atoms with Crippen LogP contribution in [0, 0.1) is 0 Å². The number of hydrogen-bond donors (Lipinski definition) is 2. The first-order valence-corrected chi connectivity index (χ1v) is 10.4. The molecule has 27 heavy (non-hydrogen) atoms. The Morgan fingerprint density at radius 3 is 1.85 bits per heavy atom. The van der Waals surface area contributed by atoms with Crippen LogP contribution in [-0.4, -0.2) is 8.42 Å². The van der Waals surface area contributed by atoms with Gasteiger partial charge in [0.05, 0.1) is 10.7 Å². The smallest absolute Gasteiger partial charge is 0.263 e. The average molecular weight is 464 g/mol. The number of halogens is 4. The van der Waals surface area contributed by atoms with E-state index in [2.05, 4.69) is 4.72 Å². The van der Waals surface area contributed by atoms with Gasteiger partial charge in [0.15, 0.2) is 0 Å². The van der Waals surface area contributed by atoms with E-state index in [1.54, 1.807) is 36.4 Å². The lowest BCUT2D eigenvalue weighted by molar-refractivity contribution is 0.601. The molecule has 0 spiro atoms. The van der Waals surface area contributed by atoms with Crippen LogP contribution in [0.3, 0.4) is 0 Å². The average Bonchev–Trinajstić information content (AvgIpc) is 2.54. The Bertz CT molecular complexity index is 1030. The molecule has 0 fully saturated rings. The zero-order valence-electron chi connectivity index (χ0n) is 13.7. The standard InChI is InChI=1S/C12H8Cl3NO2S.C6H6ClN/c13-8-2-1-3-10(6-8)16-19(17,18)12-5-4-9(14)7-11(12)15;7-5-2-1-3-6(8)4-5/h1-7,16H;1-4H,8H2. The molecule has 0 amide bonds. The summed E-state index contributed by atoms with van der Waals surface area (Å²) in [5.74, 6) is 0. The summed E-state index contributed by atoms with van der Waals surface area (Å²) in [4.78, 5) is -0.0430. The number of sulfonamides is 1. The summed E-state index contributed by atoms with van der Waals surface area (Å²) in [5, 5.41) is 1.54. The molecule has 0 aromatic heterocycles. The molecule has 4 nitrogen and oxygen atoms in total. The Balaban J connectivity index is 0.000000273. The molecule has 9 heteroatoms. The fourth-order valence-corrected chi connectivity index (χ4v) is 4.17. The van der Waals surface area contributed by atoms with E-state index in [0.717, 1.165) is 0 Å². The fraction of sp³-hybridized carbons (Fsp3) is 0. The SMILES string of the molecule is Nc1cccc(Cl)c1.O=S(=O)(Nc1cccc(Cl)c1)c1ccc(Cl)cc1Cl. The third-order valence-corrected chi connectivity index (χ3v) is 5.68. The van der Waals surface area contributed by atoms with Crippen molar-refractivity contribution in [3.63, 3.8) is 0 Å². The minimum atomic E-state index is -3.78. The van der Waals surface area contributed by atoms with E-state index >= 15 is 0 Å². The number of benzene rings is 3. The van der Waals surface area contributed by atoms with Crippen molar-refractivity contribution in [1.82, 2.24) is 0 Å². The van der Waals surface area contributed by atoms with Crippen molar-refractivity contribution < 1.29 is 8.42 Å². The van der Waals surface area contributed by atoms with Gasteiger partial charge in [0.1, 0.15) is 4.90 Å². The molecule has 0 saturated heterocycles. The number of anilines is 2. The highest BCUT2D eigenvalue weighted by atomic mass is 35.5. The molecule has 142 valence electrons. The van der Waals surface area contributed by atoms with Crippen molar-refractivity contribution in [2.24, 2.45) is 0 Å². The number of nitrogens with two attached hydrogens (primary N) is 1. The van der Waals surface area contributed by atoms with Gasteiger partial charge in [-0.3, -0.25) is 4.72 Å². The predicted octanol–water partition coefficient (Wildman–Crippen LogP) is 6.37. The summed E-state index contributed by atoms with van der Waals surface area (Å²) in [6, 6.07) is 17.7. The van der Waals surface area contributed by atoms with Crippen LogP contribution in [0.2, 0.25) is 20.1 Å². The van der Waals surface area contributed by atoms with Gasteiger partial charge in [-0.2, -0.15) is 0 Å². The van der Waals surface area contributed by atoms with E-state index in [0.29, 0.717) is 26.4 Å². The molecule has 3 aromatic rings. The molecule has 3 rings (SSSR count). The summed E-state index contributed by atoms with van der Waals surface area (Å²) < 4.78 is 26.7. The summed E-state index contributed by atoms with van der Waals surface area (Å²) in [7, 11) is -3.78. The van der Waals surface area contributed by atoms with E-state index in [-0.39, 0.29) is 9.92 Å². The van der Waals surface area contributed by atoms with E-state index in [9.17, 15) is 8.42 Å². The molecule has 0 atom stereocenters. The highest BCUT2D eigenvalue weighted by Crippen LogP contribution is 2.27. The summed E-state index contributed by atoms with van der Waals surface area (Å²) >= 11 is 23.0. The third kappa shape index (κ3) is 6.79. The molecule has 0 radical (unpaired) electrons. The van der Waals surface area contributed by atoms with Crippen LogP contribution in [0.5, 0.6) is 0 Å². The van der Waals surface area contributed by atoms with Crippen LogP contribution in [0.1, 0.15) is 0 Å². The lowest BCUT2D eigenvalue weighted by Crippen LogP contribution is -2.13. The maximum Gasteiger partial charge on any atom is 0.263 e. The van der Waals surface area contributed by atoms with E-state index in [1.165, 1.54) is 24.3 Å². The van der Waals surface area contributed by atoms with E-state index in [4.69, 9.17) is 52.1 Å². The molecule has 0 aliphatic rings. The summed E-state index contributed by atoms with van der Waals surface area (Å²) in [6.07, 6.45) is 0. The van der Waals surface area contributed by atoms with Gasteiger partial charge < -0.3 is 5.73 Å². The highest BCUT2D eigenvalue weighted by Gasteiger charge is 2.18. The molecule has 0 bridgehead atoms. The van der Waals surface area contributed by atoms with Crippen molar-refractivity contribution in [2.75, 3.05) is 10.5 Å². The van der Waals surface area contributed by atoms with Crippen LogP contribution in [0.15, 0.2) is 71.6 Å². The van der Waals surface area contributed by atoms with E-state index < -0.39 is 10.0 Å². The minimum Gasteiger partial charge on any atom is -0.399 e. The number of nitrogen functional groups attached to an aromatic ring is 1. The van der Waals surface area contributed by atoms with Gasteiger partial charge in [0.2, 0.25) is 0 Å². The molecule has 3 N–H and O–H groups in total. The zero-order chi connectivity index (χ0) is 20.0. The monoisotopic (exact) mass is 462 g/mol. The Kier molecular flexibility index (Phi) is 7.65. The largest absolute Gasteiger partial charge is 0.399 e. The predicted molar refractivity (Wildman–Crippen MR) is 115 cm³/mol. The second-order valence-electron chi connectivity index (χ2n) is 5.25. The Labute approximate surface area is 177 Å². The minimum absolute atomic E-state index is 0.0430. The van der Waals surface area contributed by atoms with Crippen LogP contribution >= 0.6 is 46.4 Å². The first-order chi connectivity index (χ1) is 12.7. The Hall–Kier alpha value is -1.63. The Morgan fingerprint density at radius 1 is 0.741 bits per heavy atom. The number of hydrogen-bond acceptors (Lipinski definition) is 3. The van der Waals surface area contributed by atoms with Crippen LogP contribution in [0.4, 0.5) is 11.4 Å². The van der Waals surface area contributed by atoms with Crippen LogP contribution in [0.25, 0.3) is 0 Å². The first kappa shape index (κ1) is 21.7. The second kappa shape index (κ2) is 9.53. The van der Waals surface area contributed by atoms with E-state index in [1.807, 2.05) is 6.07 Å². The maximum absolute atomic E-state index is 12.2. The van der Waals surface area contributed by atoms with Crippen LogP contribution < -0.4 is 10.5 Å². The fourth-order valence-electron chi connectivity index (χ4n) is 1.96. The molecule has 0 heterocycles. The molecule has 0 unspecified atom stereocenters. The summed E-state index contributed by atoms with van der Waals surface area (Å²) in [6.45, 7) is 0. The van der Waals surface area contributed by atoms with Crippen molar-refractivity contribution >= 4 is 67.8 Å². The Morgan fingerprint density at radius 2 is 1.33 bits per heavy atom. The molecular weight excluding hydrogens is 450 g/mol. The van der Waals surface area contributed by atoms with Gasteiger partial charge in [-0.05, 0) is 54.6 Å². The molecular formula is C18H14Cl4N2O2S.